The Morgan fingerprint density at radius 1 is 1.16 bits per heavy atom. The fourth-order valence-corrected chi connectivity index (χ4v) is 2.46. The van der Waals surface area contributed by atoms with E-state index in [2.05, 4.69) is 49.4 Å². The summed E-state index contributed by atoms with van der Waals surface area (Å²) in [6, 6.07) is 14.6. The Labute approximate surface area is 113 Å². The van der Waals surface area contributed by atoms with Gasteiger partial charge < -0.3 is 4.57 Å². The van der Waals surface area contributed by atoms with E-state index in [-0.39, 0.29) is 0 Å². The number of imidazole rings is 1. The van der Waals surface area contributed by atoms with Crippen molar-refractivity contribution in [1.29, 1.82) is 0 Å². The monoisotopic (exact) mass is 248 g/mol. The summed E-state index contributed by atoms with van der Waals surface area (Å²) in [7, 11) is 2.06. The van der Waals surface area contributed by atoms with E-state index in [1.54, 1.807) is 0 Å². The van der Waals surface area contributed by atoms with Gasteiger partial charge in [-0.1, -0.05) is 30.9 Å². The molecule has 0 aliphatic carbocycles. The lowest BCUT2D eigenvalue weighted by molar-refractivity contribution is 0.959. The first kappa shape index (κ1) is 11.7. The molecule has 0 unspecified atom stereocenters. The normalized spacial score (nSPS) is 10.8. The third-order valence-electron chi connectivity index (χ3n) is 3.38. The molecule has 0 saturated carbocycles. The van der Waals surface area contributed by atoms with Crippen molar-refractivity contribution in [1.82, 2.24) is 9.55 Å². The summed E-state index contributed by atoms with van der Waals surface area (Å²) in [6.45, 7) is 5.94. The number of rotatable bonds is 2. The fourth-order valence-electron chi connectivity index (χ4n) is 2.46. The lowest BCUT2D eigenvalue weighted by Gasteiger charge is -2.05. The van der Waals surface area contributed by atoms with Gasteiger partial charge in [-0.05, 0) is 42.3 Å². The van der Waals surface area contributed by atoms with Gasteiger partial charge >= 0.3 is 0 Å². The molecule has 1 heterocycles. The number of para-hydroxylation sites is 2. The number of benzene rings is 2. The average Bonchev–Trinajstić information content (AvgIpc) is 2.76. The van der Waals surface area contributed by atoms with Gasteiger partial charge in [-0.3, -0.25) is 0 Å². The summed E-state index contributed by atoms with van der Waals surface area (Å²) >= 11 is 0. The van der Waals surface area contributed by atoms with E-state index >= 15 is 0 Å². The Morgan fingerprint density at radius 2 is 1.95 bits per heavy atom. The molecule has 2 nitrogen and oxygen atoms in total. The van der Waals surface area contributed by atoms with Gasteiger partial charge in [0, 0.05) is 12.6 Å². The molecule has 0 aliphatic heterocycles. The van der Waals surface area contributed by atoms with Gasteiger partial charge in [0.15, 0.2) is 0 Å². The number of nitrogens with zero attached hydrogens (tertiary/aromatic N) is 2. The molecule has 0 spiro atoms. The van der Waals surface area contributed by atoms with E-state index in [0.717, 1.165) is 28.0 Å². The largest absolute Gasteiger partial charge is 0.327 e. The van der Waals surface area contributed by atoms with Crippen molar-refractivity contribution >= 4 is 17.1 Å². The molecule has 0 bridgehead atoms. The van der Waals surface area contributed by atoms with Crippen LogP contribution in [0.5, 0.6) is 0 Å². The molecule has 19 heavy (non-hydrogen) atoms. The molecule has 0 radical (unpaired) electrons. The standard InChI is InChI=1S/C17H16N2/c1-4-13-9-12(2)10-14(11-13)17-18-15-7-5-6-8-16(15)19(17)3/h4-11H,1H2,2-3H3. The summed E-state index contributed by atoms with van der Waals surface area (Å²) in [5.74, 6) is 0.994. The third kappa shape index (κ3) is 1.95. The van der Waals surface area contributed by atoms with Crippen molar-refractivity contribution in [2.45, 2.75) is 6.92 Å². The average molecular weight is 248 g/mol. The van der Waals surface area contributed by atoms with Crippen molar-refractivity contribution in [3.05, 3.63) is 60.2 Å². The summed E-state index contributed by atoms with van der Waals surface area (Å²) in [5, 5.41) is 0. The topological polar surface area (TPSA) is 17.8 Å². The maximum Gasteiger partial charge on any atom is 0.140 e. The van der Waals surface area contributed by atoms with E-state index in [1.165, 1.54) is 5.56 Å². The van der Waals surface area contributed by atoms with E-state index in [9.17, 15) is 0 Å². The molecule has 0 aliphatic rings. The van der Waals surface area contributed by atoms with E-state index < -0.39 is 0 Å². The summed E-state index contributed by atoms with van der Waals surface area (Å²) < 4.78 is 2.14. The fraction of sp³-hybridized carbons (Fsp3) is 0.118. The van der Waals surface area contributed by atoms with Gasteiger partial charge in [-0.15, -0.1) is 0 Å². The Hall–Kier alpha value is -2.35. The molecule has 0 atom stereocenters. The Kier molecular flexibility index (Phi) is 2.71. The zero-order valence-corrected chi connectivity index (χ0v) is 11.2. The van der Waals surface area contributed by atoms with Crippen LogP contribution in [0.3, 0.4) is 0 Å². The van der Waals surface area contributed by atoms with Gasteiger partial charge in [0.2, 0.25) is 0 Å². The minimum atomic E-state index is 0.994. The van der Waals surface area contributed by atoms with Gasteiger partial charge in [0.1, 0.15) is 5.82 Å². The summed E-state index contributed by atoms with van der Waals surface area (Å²) in [4.78, 5) is 4.73. The lowest BCUT2D eigenvalue weighted by atomic mass is 10.1. The smallest absolute Gasteiger partial charge is 0.140 e. The molecule has 94 valence electrons. The minimum absolute atomic E-state index is 0.994. The molecule has 0 fully saturated rings. The summed E-state index contributed by atoms with van der Waals surface area (Å²) in [6.07, 6.45) is 1.87. The highest BCUT2D eigenvalue weighted by Gasteiger charge is 2.09. The number of fused-ring (bicyclic) bond motifs is 1. The first-order valence-electron chi connectivity index (χ1n) is 6.35. The molecule has 0 amide bonds. The maximum absolute atomic E-state index is 4.73. The SMILES string of the molecule is C=Cc1cc(C)cc(-c2nc3ccccc3n2C)c1. The number of hydrogen-bond donors (Lipinski definition) is 0. The zero-order chi connectivity index (χ0) is 13.4. The first-order chi connectivity index (χ1) is 9.19. The van der Waals surface area contributed by atoms with Crippen LogP contribution >= 0.6 is 0 Å². The Balaban J connectivity index is 2.27. The third-order valence-corrected chi connectivity index (χ3v) is 3.38. The Morgan fingerprint density at radius 3 is 2.68 bits per heavy atom. The summed E-state index contributed by atoms with van der Waals surface area (Å²) in [5.41, 5.74) is 5.66. The van der Waals surface area contributed by atoms with E-state index in [1.807, 2.05) is 24.3 Å². The van der Waals surface area contributed by atoms with Crippen LogP contribution in [0.25, 0.3) is 28.5 Å². The van der Waals surface area contributed by atoms with Gasteiger partial charge in [-0.2, -0.15) is 0 Å². The molecule has 1 aromatic heterocycles. The molecular weight excluding hydrogens is 232 g/mol. The van der Waals surface area contributed by atoms with Crippen LogP contribution < -0.4 is 0 Å². The second-order valence-corrected chi connectivity index (χ2v) is 4.82. The molecule has 0 N–H and O–H groups in total. The quantitative estimate of drug-likeness (QED) is 0.665. The van der Waals surface area contributed by atoms with Crippen LogP contribution in [0.1, 0.15) is 11.1 Å². The van der Waals surface area contributed by atoms with Gasteiger partial charge in [0.25, 0.3) is 0 Å². The number of aryl methyl sites for hydroxylation is 2. The molecule has 3 rings (SSSR count). The first-order valence-corrected chi connectivity index (χ1v) is 6.35. The van der Waals surface area contributed by atoms with Crippen LogP contribution in [0.4, 0.5) is 0 Å². The molecular formula is C17H16N2. The van der Waals surface area contributed by atoms with Crippen molar-refractivity contribution in [3.63, 3.8) is 0 Å². The zero-order valence-electron chi connectivity index (χ0n) is 11.2. The highest BCUT2D eigenvalue weighted by molar-refractivity contribution is 5.81. The molecule has 2 aromatic carbocycles. The highest BCUT2D eigenvalue weighted by atomic mass is 15.1. The van der Waals surface area contributed by atoms with Crippen molar-refractivity contribution < 1.29 is 0 Å². The second-order valence-electron chi connectivity index (χ2n) is 4.82. The van der Waals surface area contributed by atoms with Crippen LogP contribution in [0.15, 0.2) is 49.0 Å². The van der Waals surface area contributed by atoms with Gasteiger partial charge in [-0.25, -0.2) is 4.98 Å². The van der Waals surface area contributed by atoms with Gasteiger partial charge in [0.05, 0.1) is 11.0 Å². The number of hydrogen-bond acceptors (Lipinski definition) is 1. The molecule has 0 saturated heterocycles. The maximum atomic E-state index is 4.73. The Bertz CT molecular complexity index is 766. The van der Waals surface area contributed by atoms with Crippen molar-refractivity contribution in [3.8, 4) is 11.4 Å². The molecule has 2 heteroatoms. The predicted octanol–water partition coefficient (Wildman–Crippen LogP) is 4.19. The minimum Gasteiger partial charge on any atom is -0.327 e. The van der Waals surface area contributed by atoms with Crippen LogP contribution in [-0.2, 0) is 7.05 Å². The highest BCUT2D eigenvalue weighted by Crippen LogP contribution is 2.25. The number of aromatic nitrogens is 2. The van der Waals surface area contributed by atoms with Crippen molar-refractivity contribution in [2.75, 3.05) is 0 Å². The predicted molar refractivity (Wildman–Crippen MR) is 81.0 cm³/mol. The van der Waals surface area contributed by atoms with Crippen LogP contribution in [-0.4, -0.2) is 9.55 Å². The van der Waals surface area contributed by atoms with Crippen LogP contribution in [0.2, 0.25) is 0 Å². The second kappa shape index (κ2) is 4.39. The lowest BCUT2D eigenvalue weighted by Crippen LogP contribution is -1.93. The van der Waals surface area contributed by atoms with Crippen molar-refractivity contribution in [2.24, 2.45) is 7.05 Å². The van der Waals surface area contributed by atoms with Crippen LogP contribution in [0, 0.1) is 6.92 Å². The molecule has 3 aromatic rings. The van der Waals surface area contributed by atoms with E-state index in [0.29, 0.717) is 0 Å². The van der Waals surface area contributed by atoms with E-state index in [4.69, 9.17) is 4.98 Å².